The van der Waals surface area contributed by atoms with Crippen LogP contribution in [0.4, 0.5) is 0 Å². The van der Waals surface area contributed by atoms with Crippen molar-refractivity contribution in [3.63, 3.8) is 0 Å². The Bertz CT molecular complexity index is 1370. The molecule has 0 spiro atoms. The quantitative estimate of drug-likeness (QED) is 0.505. The molecule has 0 fully saturated rings. The maximum Gasteiger partial charge on any atom is 0.249 e. The minimum absolute atomic E-state index is 0.301. The number of aromatic nitrogens is 1. The van der Waals surface area contributed by atoms with Crippen molar-refractivity contribution >= 4 is 37.6 Å². The van der Waals surface area contributed by atoms with Crippen molar-refractivity contribution in [1.29, 1.82) is 0 Å². The summed E-state index contributed by atoms with van der Waals surface area (Å²) in [7, 11) is -3.24. The van der Waals surface area contributed by atoms with Gasteiger partial charge in [-0.05, 0) is 47.9 Å². The van der Waals surface area contributed by atoms with E-state index in [4.69, 9.17) is 5.73 Å². The smallest absolute Gasteiger partial charge is 0.249 e. The molecular weight excluding hydrogens is 396 g/mol. The Kier molecular flexibility index (Phi) is 5.12. The lowest BCUT2D eigenvalue weighted by atomic mass is 10.0. The predicted octanol–water partition coefficient (Wildman–Crippen LogP) is 4.30. The first kappa shape index (κ1) is 20.2. The van der Waals surface area contributed by atoms with Crippen molar-refractivity contribution in [2.75, 3.05) is 6.26 Å². The van der Waals surface area contributed by atoms with Crippen molar-refractivity contribution in [3.8, 4) is 0 Å². The van der Waals surface area contributed by atoms with E-state index in [0.29, 0.717) is 17.0 Å². The summed E-state index contributed by atoms with van der Waals surface area (Å²) < 4.78 is 25.7. The Hall–Kier alpha value is -3.12. The van der Waals surface area contributed by atoms with Gasteiger partial charge in [-0.15, -0.1) is 0 Å². The Labute approximate surface area is 176 Å². The molecule has 0 aliphatic heterocycles. The molecule has 0 saturated heterocycles. The van der Waals surface area contributed by atoms with Gasteiger partial charge in [-0.25, -0.2) is 8.42 Å². The summed E-state index contributed by atoms with van der Waals surface area (Å²) in [6.45, 7) is 2.70. The monoisotopic (exact) mass is 420 g/mol. The highest BCUT2D eigenvalue weighted by Crippen LogP contribution is 2.33. The standard InChI is InChI=1S/C24H24N2O3S/c1-3-5-16-10-13-19-22(14-16)26(21-7-4-6-20(23(19)21)24(25)27)15-17-8-11-18(12-9-17)30(2,28)29/h4,6-14H,3,5,15H2,1-2H3,(H2,25,27). The molecule has 6 heteroatoms. The number of primary amides is 1. The fraction of sp³-hybridized carbons (Fsp3) is 0.208. The first-order valence-electron chi connectivity index (χ1n) is 9.92. The molecule has 30 heavy (non-hydrogen) atoms. The Morgan fingerprint density at radius 1 is 0.967 bits per heavy atom. The predicted molar refractivity (Wildman–Crippen MR) is 121 cm³/mol. The largest absolute Gasteiger partial charge is 0.366 e. The SMILES string of the molecule is CCCc1ccc2c3c(C(N)=O)cccc3n(Cc3ccc(S(C)(=O)=O)cc3)c2c1. The van der Waals surface area contributed by atoms with Gasteiger partial charge in [-0.2, -0.15) is 0 Å². The van der Waals surface area contributed by atoms with Crippen LogP contribution >= 0.6 is 0 Å². The molecule has 4 rings (SSSR count). The van der Waals surface area contributed by atoms with Gasteiger partial charge < -0.3 is 10.3 Å². The minimum Gasteiger partial charge on any atom is -0.366 e. The van der Waals surface area contributed by atoms with Gasteiger partial charge in [0.1, 0.15) is 0 Å². The molecule has 5 nitrogen and oxygen atoms in total. The number of hydrogen-bond donors (Lipinski definition) is 1. The average Bonchev–Trinajstić information content (AvgIpc) is 3.01. The van der Waals surface area contributed by atoms with E-state index >= 15 is 0 Å². The Balaban J connectivity index is 1.93. The number of carbonyl (C=O) groups excluding carboxylic acids is 1. The Morgan fingerprint density at radius 2 is 1.67 bits per heavy atom. The minimum atomic E-state index is -3.24. The van der Waals surface area contributed by atoms with Gasteiger partial charge in [-0.1, -0.05) is 43.7 Å². The molecule has 3 aromatic carbocycles. The molecular formula is C24H24N2O3S. The van der Waals surface area contributed by atoms with Crippen molar-refractivity contribution in [2.24, 2.45) is 5.73 Å². The lowest BCUT2D eigenvalue weighted by Gasteiger charge is -2.10. The molecule has 1 aromatic heterocycles. The van der Waals surface area contributed by atoms with E-state index < -0.39 is 15.7 Å². The number of aryl methyl sites for hydroxylation is 1. The number of fused-ring (bicyclic) bond motifs is 3. The topological polar surface area (TPSA) is 82.2 Å². The molecule has 0 saturated carbocycles. The molecule has 1 amide bonds. The van der Waals surface area contributed by atoms with E-state index in [2.05, 4.69) is 29.7 Å². The fourth-order valence-corrected chi connectivity index (χ4v) is 4.66. The molecule has 0 bridgehead atoms. The van der Waals surface area contributed by atoms with Crippen LogP contribution in [0.25, 0.3) is 21.8 Å². The zero-order valence-corrected chi connectivity index (χ0v) is 17.9. The molecule has 154 valence electrons. The zero-order valence-electron chi connectivity index (χ0n) is 17.1. The average molecular weight is 421 g/mol. The second kappa shape index (κ2) is 7.61. The van der Waals surface area contributed by atoms with Gasteiger partial charge in [0.25, 0.3) is 0 Å². The van der Waals surface area contributed by atoms with Gasteiger partial charge in [0.05, 0.1) is 10.4 Å². The van der Waals surface area contributed by atoms with Crippen LogP contribution in [0.15, 0.2) is 65.6 Å². The summed E-state index contributed by atoms with van der Waals surface area (Å²) in [4.78, 5) is 12.4. The van der Waals surface area contributed by atoms with Crippen molar-refractivity contribution in [2.45, 2.75) is 31.2 Å². The van der Waals surface area contributed by atoms with E-state index in [0.717, 1.165) is 40.2 Å². The van der Waals surface area contributed by atoms with Gasteiger partial charge in [0, 0.05) is 34.7 Å². The van der Waals surface area contributed by atoms with Crippen molar-refractivity contribution < 1.29 is 13.2 Å². The number of carbonyl (C=O) groups is 1. The zero-order chi connectivity index (χ0) is 21.5. The number of nitrogens with zero attached hydrogens (tertiary/aromatic N) is 1. The van der Waals surface area contributed by atoms with E-state index in [9.17, 15) is 13.2 Å². The third-order valence-corrected chi connectivity index (χ3v) is 6.58. The van der Waals surface area contributed by atoms with E-state index in [1.54, 1.807) is 18.2 Å². The molecule has 0 aliphatic rings. The molecule has 2 N–H and O–H groups in total. The number of nitrogens with two attached hydrogens (primary N) is 1. The highest BCUT2D eigenvalue weighted by atomic mass is 32.2. The van der Waals surface area contributed by atoms with Crippen LogP contribution in [0.3, 0.4) is 0 Å². The molecule has 0 radical (unpaired) electrons. The lowest BCUT2D eigenvalue weighted by molar-refractivity contribution is 0.100. The van der Waals surface area contributed by atoms with E-state index in [-0.39, 0.29) is 0 Å². The maximum absolute atomic E-state index is 12.1. The molecule has 0 atom stereocenters. The second-order valence-corrected chi connectivity index (χ2v) is 9.68. The van der Waals surface area contributed by atoms with Crippen LogP contribution in [0.2, 0.25) is 0 Å². The molecule has 1 heterocycles. The van der Waals surface area contributed by atoms with Crippen LogP contribution < -0.4 is 5.73 Å². The van der Waals surface area contributed by atoms with E-state index in [1.165, 1.54) is 11.8 Å². The first-order valence-corrected chi connectivity index (χ1v) is 11.8. The second-order valence-electron chi connectivity index (χ2n) is 7.67. The first-order chi connectivity index (χ1) is 14.3. The summed E-state index contributed by atoms with van der Waals surface area (Å²) in [5, 5.41) is 1.85. The molecule has 0 unspecified atom stereocenters. The summed E-state index contributed by atoms with van der Waals surface area (Å²) in [5.74, 6) is -0.449. The van der Waals surface area contributed by atoms with E-state index in [1.807, 2.05) is 24.3 Å². The van der Waals surface area contributed by atoms with Crippen LogP contribution in [-0.4, -0.2) is 25.1 Å². The lowest BCUT2D eigenvalue weighted by Crippen LogP contribution is -2.11. The van der Waals surface area contributed by atoms with Crippen molar-refractivity contribution in [3.05, 3.63) is 77.4 Å². The van der Waals surface area contributed by atoms with Crippen molar-refractivity contribution in [1.82, 2.24) is 4.57 Å². The van der Waals surface area contributed by atoms with Gasteiger partial charge >= 0.3 is 0 Å². The maximum atomic E-state index is 12.1. The normalized spacial score (nSPS) is 11.9. The van der Waals surface area contributed by atoms with Gasteiger partial charge in [-0.3, -0.25) is 4.79 Å². The highest BCUT2D eigenvalue weighted by Gasteiger charge is 2.17. The van der Waals surface area contributed by atoms with Crippen LogP contribution in [0.5, 0.6) is 0 Å². The summed E-state index contributed by atoms with van der Waals surface area (Å²) in [6, 6.07) is 18.9. The number of hydrogen-bond acceptors (Lipinski definition) is 3. The molecule has 4 aromatic rings. The fourth-order valence-electron chi connectivity index (χ4n) is 4.03. The summed E-state index contributed by atoms with van der Waals surface area (Å²) >= 11 is 0. The highest BCUT2D eigenvalue weighted by molar-refractivity contribution is 7.90. The van der Waals surface area contributed by atoms with Gasteiger partial charge in [0.2, 0.25) is 5.91 Å². The van der Waals surface area contributed by atoms with Crippen LogP contribution in [-0.2, 0) is 22.8 Å². The third-order valence-electron chi connectivity index (χ3n) is 5.45. The Morgan fingerprint density at radius 3 is 2.30 bits per heavy atom. The molecule has 0 aliphatic carbocycles. The summed E-state index contributed by atoms with van der Waals surface area (Å²) in [6.07, 6.45) is 3.23. The number of sulfone groups is 1. The number of rotatable bonds is 6. The number of amides is 1. The van der Waals surface area contributed by atoms with Gasteiger partial charge in [0.15, 0.2) is 9.84 Å². The van der Waals surface area contributed by atoms with Crippen LogP contribution in [0.1, 0.15) is 34.8 Å². The number of benzene rings is 3. The van der Waals surface area contributed by atoms with Crippen LogP contribution in [0, 0.1) is 0 Å². The third kappa shape index (κ3) is 3.59. The summed E-state index contributed by atoms with van der Waals surface area (Å²) in [5.41, 5.74) is 10.4.